The topological polar surface area (TPSA) is 78.4 Å². The van der Waals surface area contributed by atoms with E-state index in [0.29, 0.717) is 38.1 Å². The van der Waals surface area contributed by atoms with Crippen molar-refractivity contribution in [2.24, 2.45) is 5.92 Å². The van der Waals surface area contributed by atoms with E-state index in [-0.39, 0.29) is 18.2 Å². The number of amides is 2. The fraction of sp³-hybridized carbons (Fsp3) is 0.889. The molecule has 0 unspecified atom stereocenters. The van der Waals surface area contributed by atoms with Gasteiger partial charge in [0.05, 0.1) is 12.0 Å². The van der Waals surface area contributed by atoms with Gasteiger partial charge >= 0.3 is 0 Å². The maximum Gasteiger partial charge on any atom is 0.245 e. The largest absolute Gasteiger partial charge is 0.389 e. The van der Waals surface area contributed by atoms with E-state index in [1.54, 1.807) is 0 Å². The lowest BCUT2D eigenvalue weighted by molar-refractivity contribution is -0.136. The molecule has 2 aliphatic carbocycles. The molecular formula is C18H32N2O3. The molecule has 0 aliphatic heterocycles. The molecule has 0 aromatic heterocycles. The molecule has 23 heavy (non-hydrogen) atoms. The Hall–Kier alpha value is -1.10. The van der Waals surface area contributed by atoms with E-state index in [9.17, 15) is 14.7 Å². The van der Waals surface area contributed by atoms with Gasteiger partial charge in [-0.1, -0.05) is 46.0 Å². The molecule has 0 radical (unpaired) electrons. The molecule has 2 saturated carbocycles. The molecule has 2 amide bonds. The van der Waals surface area contributed by atoms with E-state index < -0.39 is 11.1 Å². The van der Waals surface area contributed by atoms with E-state index in [4.69, 9.17) is 0 Å². The first-order valence-electron chi connectivity index (χ1n) is 9.17. The number of hydrogen-bond acceptors (Lipinski definition) is 3. The predicted octanol–water partition coefficient (Wildman–Crippen LogP) is 2.27. The molecule has 2 aliphatic rings. The second kappa shape index (κ2) is 7.65. The number of aliphatic hydroxyl groups is 1. The molecular weight excluding hydrogens is 292 g/mol. The van der Waals surface area contributed by atoms with E-state index in [2.05, 4.69) is 24.5 Å². The number of rotatable bonds is 6. The molecule has 0 heterocycles. The predicted molar refractivity (Wildman–Crippen MR) is 89.8 cm³/mol. The molecule has 2 rings (SSSR count). The molecule has 5 heteroatoms. The number of carbonyl (C=O) groups is 2. The molecule has 0 spiro atoms. The third-order valence-electron chi connectivity index (χ3n) is 5.22. The van der Waals surface area contributed by atoms with Crippen molar-refractivity contribution < 1.29 is 14.7 Å². The van der Waals surface area contributed by atoms with Crippen LogP contribution in [0.15, 0.2) is 0 Å². The molecule has 5 nitrogen and oxygen atoms in total. The van der Waals surface area contributed by atoms with Crippen LogP contribution in [0.2, 0.25) is 0 Å². The molecule has 132 valence electrons. The Morgan fingerprint density at radius 1 is 1.00 bits per heavy atom. The zero-order valence-electron chi connectivity index (χ0n) is 14.6. The van der Waals surface area contributed by atoms with Gasteiger partial charge in [-0.15, -0.1) is 0 Å². The molecule has 0 atom stereocenters. The van der Waals surface area contributed by atoms with Crippen molar-refractivity contribution in [3.8, 4) is 0 Å². The summed E-state index contributed by atoms with van der Waals surface area (Å²) in [5.74, 6) is 0.139. The van der Waals surface area contributed by atoms with Crippen LogP contribution in [0, 0.1) is 5.92 Å². The SMILES string of the molecule is CC(C)CNC(=O)C1(NC(=O)CC2(O)CCCCC2)CCCC1. The van der Waals surface area contributed by atoms with Crippen LogP contribution < -0.4 is 10.6 Å². The molecule has 2 fully saturated rings. The summed E-state index contributed by atoms with van der Waals surface area (Å²) in [4.78, 5) is 25.1. The van der Waals surface area contributed by atoms with Gasteiger partial charge in [0, 0.05) is 6.54 Å². The average molecular weight is 324 g/mol. The van der Waals surface area contributed by atoms with Crippen molar-refractivity contribution in [3.63, 3.8) is 0 Å². The average Bonchev–Trinajstić information content (AvgIpc) is 2.94. The summed E-state index contributed by atoms with van der Waals surface area (Å²) in [6.45, 7) is 4.73. The van der Waals surface area contributed by atoms with Gasteiger partial charge in [0.15, 0.2) is 0 Å². The van der Waals surface area contributed by atoms with Crippen LogP contribution in [-0.2, 0) is 9.59 Å². The third-order valence-corrected chi connectivity index (χ3v) is 5.22. The fourth-order valence-electron chi connectivity index (χ4n) is 3.85. The Bertz CT molecular complexity index is 422. The normalized spacial score (nSPS) is 22.8. The Kier molecular flexibility index (Phi) is 6.06. The summed E-state index contributed by atoms with van der Waals surface area (Å²) in [5, 5.41) is 16.5. The van der Waals surface area contributed by atoms with Crippen LogP contribution in [0.5, 0.6) is 0 Å². The number of carbonyl (C=O) groups excluding carboxylic acids is 2. The third kappa shape index (κ3) is 4.93. The summed E-state index contributed by atoms with van der Waals surface area (Å²) >= 11 is 0. The van der Waals surface area contributed by atoms with Gasteiger partial charge in [-0.2, -0.15) is 0 Å². The van der Waals surface area contributed by atoms with Crippen LogP contribution in [0.25, 0.3) is 0 Å². The Balaban J connectivity index is 1.95. The van der Waals surface area contributed by atoms with Crippen molar-refractivity contribution in [1.82, 2.24) is 10.6 Å². The Labute approximate surface area is 139 Å². The van der Waals surface area contributed by atoms with Gasteiger partial charge in [0.25, 0.3) is 0 Å². The summed E-state index contributed by atoms with van der Waals surface area (Å²) in [5.41, 5.74) is -1.65. The van der Waals surface area contributed by atoms with Crippen molar-refractivity contribution in [2.45, 2.75) is 89.2 Å². The minimum Gasteiger partial charge on any atom is -0.389 e. The van der Waals surface area contributed by atoms with E-state index in [1.165, 1.54) is 0 Å². The summed E-state index contributed by atoms with van der Waals surface area (Å²) < 4.78 is 0. The van der Waals surface area contributed by atoms with Gasteiger partial charge in [-0.05, 0) is 31.6 Å². The van der Waals surface area contributed by atoms with Gasteiger partial charge < -0.3 is 15.7 Å². The van der Waals surface area contributed by atoms with Crippen molar-refractivity contribution >= 4 is 11.8 Å². The summed E-state index contributed by atoms with van der Waals surface area (Å²) in [7, 11) is 0. The number of hydrogen-bond donors (Lipinski definition) is 3. The second-order valence-electron chi connectivity index (χ2n) is 7.90. The molecule has 0 aromatic carbocycles. The quantitative estimate of drug-likeness (QED) is 0.701. The van der Waals surface area contributed by atoms with Crippen molar-refractivity contribution in [1.29, 1.82) is 0 Å². The molecule has 0 saturated heterocycles. The molecule has 3 N–H and O–H groups in total. The lowest BCUT2D eigenvalue weighted by Gasteiger charge is -2.34. The van der Waals surface area contributed by atoms with Gasteiger partial charge in [0.1, 0.15) is 5.54 Å². The zero-order chi connectivity index (χ0) is 16.9. The minimum absolute atomic E-state index is 0.0623. The maximum absolute atomic E-state index is 12.6. The summed E-state index contributed by atoms with van der Waals surface area (Å²) in [6.07, 6.45) is 7.88. The highest BCUT2D eigenvalue weighted by molar-refractivity contribution is 5.92. The van der Waals surface area contributed by atoms with Gasteiger partial charge in [0.2, 0.25) is 11.8 Å². The highest BCUT2D eigenvalue weighted by Crippen LogP contribution is 2.33. The Morgan fingerprint density at radius 3 is 2.13 bits per heavy atom. The Morgan fingerprint density at radius 2 is 1.57 bits per heavy atom. The first-order valence-corrected chi connectivity index (χ1v) is 9.17. The maximum atomic E-state index is 12.6. The van der Waals surface area contributed by atoms with Crippen LogP contribution in [0.1, 0.15) is 78.1 Å². The van der Waals surface area contributed by atoms with Gasteiger partial charge in [-0.25, -0.2) is 0 Å². The highest BCUT2D eigenvalue weighted by Gasteiger charge is 2.43. The van der Waals surface area contributed by atoms with E-state index >= 15 is 0 Å². The molecule has 0 bridgehead atoms. The second-order valence-corrected chi connectivity index (χ2v) is 7.90. The van der Waals surface area contributed by atoms with Crippen LogP contribution in [0.4, 0.5) is 0 Å². The lowest BCUT2D eigenvalue weighted by Crippen LogP contribution is -2.58. The fourth-order valence-corrected chi connectivity index (χ4v) is 3.85. The number of nitrogens with one attached hydrogen (secondary N) is 2. The first kappa shape index (κ1) is 18.2. The monoisotopic (exact) mass is 324 g/mol. The van der Waals surface area contributed by atoms with E-state index in [1.807, 2.05) is 0 Å². The van der Waals surface area contributed by atoms with Crippen molar-refractivity contribution in [2.75, 3.05) is 6.54 Å². The molecule has 0 aromatic rings. The van der Waals surface area contributed by atoms with Crippen molar-refractivity contribution in [3.05, 3.63) is 0 Å². The highest BCUT2D eigenvalue weighted by atomic mass is 16.3. The lowest BCUT2D eigenvalue weighted by atomic mass is 9.82. The van der Waals surface area contributed by atoms with Crippen LogP contribution in [-0.4, -0.2) is 34.6 Å². The smallest absolute Gasteiger partial charge is 0.245 e. The standard InChI is InChI=1S/C18H32N2O3/c1-14(2)13-19-16(22)18(10-6-7-11-18)20-15(21)12-17(23)8-4-3-5-9-17/h14,23H,3-13H2,1-2H3,(H,19,22)(H,20,21). The van der Waals surface area contributed by atoms with Gasteiger partial charge in [-0.3, -0.25) is 9.59 Å². The summed E-state index contributed by atoms with van der Waals surface area (Å²) in [6, 6.07) is 0. The minimum atomic E-state index is -0.878. The first-order chi connectivity index (χ1) is 10.9. The van der Waals surface area contributed by atoms with Crippen LogP contribution in [0.3, 0.4) is 0 Å². The van der Waals surface area contributed by atoms with Crippen LogP contribution >= 0.6 is 0 Å². The zero-order valence-corrected chi connectivity index (χ0v) is 14.6. The van der Waals surface area contributed by atoms with E-state index in [0.717, 1.165) is 32.1 Å².